The average Bonchev–Trinajstić information content (AvgIpc) is 3.72. The first-order valence-corrected chi connectivity index (χ1v) is 23.0. The lowest BCUT2D eigenvalue weighted by Gasteiger charge is -2.43. The lowest BCUT2D eigenvalue weighted by Crippen LogP contribution is -2.52. The molecule has 0 unspecified atom stereocenters. The fourth-order valence-corrected chi connectivity index (χ4v) is 9.79. The second-order valence-corrected chi connectivity index (χ2v) is 19.5. The van der Waals surface area contributed by atoms with E-state index >= 15 is 0 Å². The number of amides is 1. The van der Waals surface area contributed by atoms with Crippen molar-refractivity contribution in [2.45, 2.75) is 63.8 Å². The first-order chi connectivity index (χ1) is 29.7. The predicted molar refractivity (Wildman–Crippen MR) is 242 cm³/mol. The van der Waals surface area contributed by atoms with Gasteiger partial charge in [0.05, 0.1) is 21.6 Å². The molecule has 1 atom stereocenters. The number of fused-ring (bicyclic) bond motifs is 1. The Labute approximate surface area is 366 Å². The maximum atomic E-state index is 14.0. The number of ether oxygens (including phenoxy) is 2. The van der Waals surface area contributed by atoms with Gasteiger partial charge < -0.3 is 24.7 Å². The van der Waals surface area contributed by atoms with Crippen LogP contribution in [0.5, 0.6) is 11.5 Å². The first-order valence-electron chi connectivity index (χ1n) is 21.1. The predicted octanol–water partition coefficient (Wildman–Crippen LogP) is 9.05. The molecule has 2 saturated heterocycles. The van der Waals surface area contributed by atoms with Gasteiger partial charge in [-0.05, 0) is 110 Å². The van der Waals surface area contributed by atoms with Gasteiger partial charge in [-0.1, -0.05) is 43.2 Å². The average molecular weight is 882 g/mol. The number of nitrogens with zero attached hydrogens (tertiary/aromatic N) is 4. The highest BCUT2D eigenvalue weighted by Crippen LogP contribution is 2.44. The number of nitrogens with one attached hydrogen (secondary N) is 3. The zero-order valence-corrected chi connectivity index (χ0v) is 36.7. The molecular formula is C46H52ClN7O7S. The van der Waals surface area contributed by atoms with E-state index in [0.717, 1.165) is 67.4 Å². The summed E-state index contributed by atoms with van der Waals surface area (Å²) in [5, 5.41) is 16.7. The standard InChI is InChI=1S/C46H52ClN7O7S/c1-30-28-53(19-18-52(30)29-34-12-16-46(2,3)25-40(34)32-4-6-35(47)7-5-32)36-8-10-39(43(23-36)61-37-22-33-13-17-48-44(33)50-27-37)45(55)51-62(58,59)38-9-11-41(42(24-38)54(56)57)49-26-31-14-20-60-21-15-31/h4-11,13,17,22-24,27,30-31,49H,12,14-16,18-21,25-26,28-29H2,1-3H3,(H,48,50)(H,51,55)/t30-/m0/s1. The molecule has 16 heteroatoms. The molecule has 326 valence electrons. The number of nitro groups is 1. The van der Waals surface area contributed by atoms with Crippen molar-refractivity contribution in [2.75, 3.05) is 56.2 Å². The van der Waals surface area contributed by atoms with Gasteiger partial charge in [0, 0.05) is 86.4 Å². The smallest absolute Gasteiger partial charge is 0.293 e. The molecule has 0 spiro atoms. The molecule has 3 N–H and O–H groups in total. The minimum atomic E-state index is -4.56. The molecule has 2 fully saturated rings. The van der Waals surface area contributed by atoms with Crippen LogP contribution in [0.15, 0.2) is 95.7 Å². The molecule has 8 rings (SSSR count). The maximum absolute atomic E-state index is 14.0. The van der Waals surface area contributed by atoms with Crippen molar-refractivity contribution in [3.8, 4) is 11.5 Å². The number of piperazine rings is 1. The van der Waals surface area contributed by atoms with Gasteiger partial charge in [-0.25, -0.2) is 18.1 Å². The molecule has 62 heavy (non-hydrogen) atoms. The number of pyridine rings is 1. The summed E-state index contributed by atoms with van der Waals surface area (Å²) in [5.41, 5.74) is 5.53. The fourth-order valence-electron chi connectivity index (χ4n) is 8.68. The minimum Gasteiger partial charge on any atom is -0.455 e. The second-order valence-electron chi connectivity index (χ2n) is 17.4. The molecule has 1 aliphatic carbocycles. The number of rotatable bonds is 13. The number of carbonyl (C=O) groups is 1. The number of sulfonamides is 1. The summed E-state index contributed by atoms with van der Waals surface area (Å²) in [5.74, 6) is -0.202. The molecule has 0 radical (unpaired) electrons. The van der Waals surface area contributed by atoms with Gasteiger partial charge in [0.15, 0.2) is 0 Å². The van der Waals surface area contributed by atoms with Gasteiger partial charge >= 0.3 is 0 Å². The van der Waals surface area contributed by atoms with Crippen LogP contribution in [0.4, 0.5) is 17.1 Å². The molecule has 0 saturated carbocycles. The number of nitro benzene ring substituents is 1. The van der Waals surface area contributed by atoms with Crippen LogP contribution in [0.3, 0.4) is 0 Å². The van der Waals surface area contributed by atoms with Gasteiger partial charge in [-0.3, -0.25) is 19.8 Å². The number of allylic oxidation sites excluding steroid dienone is 1. The van der Waals surface area contributed by atoms with E-state index < -0.39 is 31.4 Å². The van der Waals surface area contributed by atoms with E-state index in [2.05, 4.69) is 62.7 Å². The minimum absolute atomic E-state index is 0.0377. The van der Waals surface area contributed by atoms with E-state index in [1.165, 1.54) is 35.0 Å². The summed E-state index contributed by atoms with van der Waals surface area (Å²) < 4.78 is 41.3. The lowest BCUT2D eigenvalue weighted by molar-refractivity contribution is -0.384. The molecule has 2 aromatic heterocycles. The normalized spacial score (nSPS) is 18.8. The largest absolute Gasteiger partial charge is 0.455 e. The van der Waals surface area contributed by atoms with Gasteiger partial charge in [0.2, 0.25) is 0 Å². The van der Waals surface area contributed by atoms with Crippen LogP contribution in [0.1, 0.15) is 68.8 Å². The second kappa shape index (κ2) is 18.1. The van der Waals surface area contributed by atoms with Crippen molar-refractivity contribution in [3.05, 3.63) is 117 Å². The Kier molecular flexibility index (Phi) is 12.6. The molecule has 5 aromatic rings. The zero-order valence-electron chi connectivity index (χ0n) is 35.2. The van der Waals surface area contributed by atoms with E-state index in [4.69, 9.17) is 21.1 Å². The third-order valence-electron chi connectivity index (χ3n) is 12.3. The highest BCUT2D eigenvalue weighted by atomic mass is 35.5. The molecule has 4 heterocycles. The summed E-state index contributed by atoms with van der Waals surface area (Å²) in [6, 6.07) is 20.7. The Morgan fingerprint density at radius 1 is 1.06 bits per heavy atom. The number of benzene rings is 3. The van der Waals surface area contributed by atoms with Gasteiger partial charge in [-0.2, -0.15) is 0 Å². The van der Waals surface area contributed by atoms with Crippen LogP contribution in [-0.4, -0.2) is 86.1 Å². The quantitative estimate of drug-likeness (QED) is 0.0761. The Balaban J connectivity index is 1.02. The highest BCUT2D eigenvalue weighted by Gasteiger charge is 2.32. The molecule has 3 aliphatic rings. The van der Waals surface area contributed by atoms with Crippen molar-refractivity contribution >= 4 is 61.2 Å². The van der Waals surface area contributed by atoms with Crippen LogP contribution >= 0.6 is 11.6 Å². The number of anilines is 2. The number of aromatic amines is 1. The van der Waals surface area contributed by atoms with Gasteiger partial charge in [-0.15, -0.1) is 0 Å². The highest BCUT2D eigenvalue weighted by molar-refractivity contribution is 7.90. The fraction of sp³-hybridized carbons (Fsp3) is 0.391. The molecule has 0 bridgehead atoms. The zero-order chi connectivity index (χ0) is 43.6. The molecule has 3 aromatic carbocycles. The Bertz CT molecular complexity index is 2610. The Morgan fingerprint density at radius 3 is 2.61 bits per heavy atom. The third kappa shape index (κ3) is 9.91. The van der Waals surface area contributed by atoms with Crippen LogP contribution in [-0.2, 0) is 14.8 Å². The maximum Gasteiger partial charge on any atom is 0.293 e. The lowest BCUT2D eigenvalue weighted by atomic mass is 9.72. The van der Waals surface area contributed by atoms with E-state index in [0.29, 0.717) is 44.2 Å². The van der Waals surface area contributed by atoms with Crippen LogP contribution in [0.25, 0.3) is 16.6 Å². The monoisotopic (exact) mass is 881 g/mol. The van der Waals surface area contributed by atoms with Crippen LogP contribution in [0, 0.1) is 21.4 Å². The SMILES string of the molecule is C[C@H]1CN(c2ccc(C(=O)NS(=O)(=O)c3ccc(NCC4CCOCC4)c([N+](=O)[O-])c3)c(Oc3cnc4[nH]ccc4c3)c2)CCN1CC1=C(c2ccc(Cl)cc2)CC(C)(C)CC1. The van der Waals surface area contributed by atoms with E-state index in [1.807, 2.05) is 18.2 Å². The Hall–Kier alpha value is -5.48. The topological polar surface area (TPSA) is 172 Å². The van der Waals surface area contributed by atoms with Crippen molar-refractivity contribution in [1.82, 2.24) is 19.6 Å². The summed E-state index contributed by atoms with van der Waals surface area (Å²) in [6.45, 7) is 11.7. The van der Waals surface area contributed by atoms with Gasteiger partial charge in [0.1, 0.15) is 22.8 Å². The van der Waals surface area contributed by atoms with E-state index in [1.54, 1.807) is 30.5 Å². The van der Waals surface area contributed by atoms with Crippen molar-refractivity contribution in [3.63, 3.8) is 0 Å². The number of aromatic nitrogens is 2. The molecular weight excluding hydrogens is 830 g/mol. The van der Waals surface area contributed by atoms with Crippen LogP contribution in [0.2, 0.25) is 5.02 Å². The summed E-state index contributed by atoms with van der Waals surface area (Å²) in [6.07, 6.45) is 8.11. The number of halogens is 1. The summed E-state index contributed by atoms with van der Waals surface area (Å²) in [4.78, 5) is 37.2. The molecule has 1 amide bonds. The Morgan fingerprint density at radius 2 is 1.85 bits per heavy atom. The van der Waals surface area contributed by atoms with Gasteiger partial charge in [0.25, 0.3) is 21.6 Å². The number of carbonyl (C=O) groups excluding carboxylic acids is 1. The number of hydrogen-bond donors (Lipinski definition) is 3. The number of hydrogen-bond acceptors (Lipinski definition) is 11. The van der Waals surface area contributed by atoms with E-state index in [-0.39, 0.29) is 34.4 Å². The summed E-state index contributed by atoms with van der Waals surface area (Å²) in [7, 11) is -4.56. The summed E-state index contributed by atoms with van der Waals surface area (Å²) >= 11 is 6.26. The molecule has 2 aliphatic heterocycles. The van der Waals surface area contributed by atoms with Crippen LogP contribution < -0.4 is 19.7 Å². The van der Waals surface area contributed by atoms with Crippen molar-refractivity contribution in [2.24, 2.45) is 11.3 Å². The van der Waals surface area contributed by atoms with Crippen molar-refractivity contribution in [1.29, 1.82) is 0 Å². The number of H-pyrrole nitrogens is 1. The van der Waals surface area contributed by atoms with E-state index in [9.17, 15) is 23.3 Å². The molecule has 14 nitrogen and oxygen atoms in total. The van der Waals surface area contributed by atoms with Crippen molar-refractivity contribution < 1.29 is 27.6 Å². The first kappa shape index (κ1) is 43.2. The third-order valence-corrected chi connectivity index (χ3v) is 13.9.